The summed E-state index contributed by atoms with van der Waals surface area (Å²) in [6.45, 7) is 0.661. The summed E-state index contributed by atoms with van der Waals surface area (Å²) in [6.07, 6.45) is -2.06. The minimum Gasteiger partial charge on any atom is -0.390 e. The summed E-state index contributed by atoms with van der Waals surface area (Å²) in [5.41, 5.74) is 0. The second-order valence-electron chi connectivity index (χ2n) is 3.95. The van der Waals surface area contributed by atoms with Gasteiger partial charge in [0.25, 0.3) is 5.92 Å². The van der Waals surface area contributed by atoms with Crippen LogP contribution in [0.3, 0.4) is 0 Å². The third kappa shape index (κ3) is 1.56. The Morgan fingerprint density at radius 3 is 2.38 bits per heavy atom. The van der Waals surface area contributed by atoms with E-state index in [-0.39, 0.29) is 13.0 Å². The Morgan fingerprint density at radius 1 is 1.23 bits per heavy atom. The van der Waals surface area contributed by atoms with Crippen molar-refractivity contribution < 1.29 is 19.0 Å². The summed E-state index contributed by atoms with van der Waals surface area (Å²) in [7, 11) is 0. The van der Waals surface area contributed by atoms with E-state index in [2.05, 4.69) is 5.32 Å². The molecule has 0 spiro atoms. The first-order valence-corrected chi connectivity index (χ1v) is 4.47. The molecule has 0 amide bonds. The molecule has 1 saturated heterocycles. The van der Waals surface area contributed by atoms with Gasteiger partial charge in [-0.15, -0.1) is 0 Å². The lowest BCUT2D eigenvalue weighted by molar-refractivity contribution is -0.0538. The highest BCUT2D eigenvalue weighted by molar-refractivity contribution is 5.04. The fourth-order valence-corrected chi connectivity index (χ4v) is 2.00. The highest BCUT2D eigenvalue weighted by Gasteiger charge is 2.62. The summed E-state index contributed by atoms with van der Waals surface area (Å²) in [5, 5.41) is 21.5. The molecule has 0 bridgehead atoms. The molecule has 4 atom stereocenters. The van der Waals surface area contributed by atoms with Gasteiger partial charge in [-0.2, -0.15) is 0 Å². The van der Waals surface area contributed by atoms with Crippen LogP contribution in [0.1, 0.15) is 6.42 Å². The van der Waals surface area contributed by atoms with Crippen LogP contribution < -0.4 is 5.32 Å². The lowest BCUT2D eigenvalue weighted by Gasteiger charge is -2.32. The van der Waals surface area contributed by atoms with Gasteiger partial charge in [0.15, 0.2) is 0 Å². The second-order valence-corrected chi connectivity index (χ2v) is 3.95. The van der Waals surface area contributed by atoms with Gasteiger partial charge in [-0.1, -0.05) is 0 Å². The van der Waals surface area contributed by atoms with Crippen molar-refractivity contribution in [2.75, 3.05) is 13.1 Å². The number of piperidine rings is 1. The molecule has 1 unspecified atom stereocenters. The van der Waals surface area contributed by atoms with Gasteiger partial charge in [0.2, 0.25) is 0 Å². The summed E-state index contributed by atoms with van der Waals surface area (Å²) in [6, 6.07) is 0. The minimum atomic E-state index is -2.62. The predicted octanol–water partition coefficient (Wildman–Crippen LogP) is -0.417. The number of hydrogen-bond acceptors (Lipinski definition) is 3. The van der Waals surface area contributed by atoms with Gasteiger partial charge in [-0.25, -0.2) is 8.78 Å². The van der Waals surface area contributed by atoms with Crippen molar-refractivity contribution in [1.29, 1.82) is 0 Å². The number of β-amino-alcohol motifs (C(OH)–C–C–N with tert-alkyl or cyclic N) is 1. The zero-order valence-electron chi connectivity index (χ0n) is 7.08. The van der Waals surface area contributed by atoms with Crippen molar-refractivity contribution >= 4 is 0 Å². The van der Waals surface area contributed by atoms with Gasteiger partial charge in [-0.3, -0.25) is 0 Å². The maximum Gasteiger partial charge on any atom is 0.252 e. The molecule has 1 heterocycles. The first kappa shape index (κ1) is 9.30. The molecule has 13 heavy (non-hydrogen) atoms. The summed E-state index contributed by atoms with van der Waals surface area (Å²) >= 11 is 0. The van der Waals surface area contributed by atoms with Gasteiger partial charge < -0.3 is 15.5 Å². The van der Waals surface area contributed by atoms with E-state index in [1.165, 1.54) is 0 Å². The van der Waals surface area contributed by atoms with Gasteiger partial charge in [0.1, 0.15) is 0 Å². The molecule has 3 N–H and O–H groups in total. The fourth-order valence-electron chi connectivity index (χ4n) is 2.00. The van der Waals surface area contributed by atoms with E-state index in [0.29, 0.717) is 6.54 Å². The van der Waals surface area contributed by atoms with Crippen LogP contribution in [0.2, 0.25) is 0 Å². The van der Waals surface area contributed by atoms with Crippen LogP contribution in [0, 0.1) is 11.8 Å². The van der Waals surface area contributed by atoms with Gasteiger partial charge in [0, 0.05) is 31.3 Å². The Morgan fingerprint density at radius 2 is 1.85 bits per heavy atom. The molecule has 0 aromatic carbocycles. The Labute approximate surface area is 74.8 Å². The van der Waals surface area contributed by atoms with E-state index in [4.69, 9.17) is 0 Å². The van der Waals surface area contributed by atoms with Crippen molar-refractivity contribution in [2.45, 2.75) is 24.6 Å². The molecule has 2 aliphatic rings. The van der Waals surface area contributed by atoms with E-state index >= 15 is 0 Å². The Balaban J connectivity index is 1.99. The summed E-state index contributed by atoms with van der Waals surface area (Å²) in [5.74, 6) is -3.87. The molecule has 3 nitrogen and oxygen atoms in total. The third-order valence-corrected chi connectivity index (χ3v) is 2.96. The van der Waals surface area contributed by atoms with Crippen LogP contribution in [-0.2, 0) is 0 Å². The number of hydrogen-bond donors (Lipinski definition) is 3. The SMILES string of the molecule is O[C@H]1[C@H](O)CNC[C@@H]1C1CC1(F)F. The number of aliphatic hydroxyl groups excluding tert-OH is 2. The maximum absolute atomic E-state index is 12.7. The van der Waals surface area contributed by atoms with Crippen LogP contribution >= 0.6 is 0 Å². The fraction of sp³-hybridized carbons (Fsp3) is 1.00. The minimum absolute atomic E-state index is 0.150. The number of nitrogens with one attached hydrogen (secondary N) is 1. The monoisotopic (exact) mass is 193 g/mol. The molecule has 0 radical (unpaired) electrons. The van der Waals surface area contributed by atoms with Crippen LogP contribution in [-0.4, -0.2) is 41.4 Å². The summed E-state index contributed by atoms with van der Waals surface area (Å²) < 4.78 is 25.3. The van der Waals surface area contributed by atoms with Gasteiger partial charge in [0.05, 0.1) is 12.2 Å². The largest absolute Gasteiger partial charge is 0.390 e. The maximum atomic E-state index is 12.7. The van der Waals surface area contributed by atoms with Crippen molar-refractivity contribution in [3.05, 3.63) is 0 Å². The number of aliphatic hydroxyl groups is 2. The second kappa shape index (κ2) is 2.87. The average molecular weight is 193 g/mol. The van der Waals surface area contributed by atoms with Gasteiger partial charge in [-0.05, 0) is 0 Å². The lowest BCUT2D eigenvalue weighted by Crippen LogP contribution is -2.51. The summed E-state index contributed by atoms with van der Waals surface area (Å²) in [4.78, 5) is 0. The van der Waals surface area contributed by atoms with Crippen molar-refractivity contribution in [1.82, 2.24) is 5.32 Å². The molecule has 1 aliphatic heterocycles. The number of rotatable bonds is 1. The molecule has 5 heteroatoms. The molecule has 0 aromatic heterocycles. The Bertz CT molecular complexity index is 210. The average Bonchev–Trinajstić information content (AvgIpc) is 2.66. The highest BCUT2D eigenvalue weighted by atomic mass is 19.3. The molecule has 0 aromatic rings. The first-order chi connectivity index (χ1) is 6.02. The van der Waals surface area contributed by atoms with E-state index in [1.54, 1.807) is 0 Å². The normalized spacial score (nSPS) is 48.9. The van der Waals surface area contributed by atoms with Crippen molar-refractivity contribution in [2.24, 2.45) is 11.8 Å². The van der Waals surface area contributed by atoms with Crippen LogP contribution in [0.25, 0.3) is 0 Å². The van der Waals surface area contributed by atoms with E-state index in [0.717, 1.165) is 0 Å². The zero-order valence-corrected chi connectivity index (χ0v) is 7.08. The molecular weight excluding hydrogens is 180 g/mol. The van der Waals surface area contributed by atoms with Gasteiger partial charge >= 0.3 is 0 Å². The van der Waals surface area contributed by atoms with E-state index in [1.807, 2.05) is 0 Å². The molecular formula is C8H13F2NO2. The van der Waals surface area contributed by atoms with Crippen LogP contribution in [0.5, 0.6) is 0 Å². The van der Waals surface area contributed by atoms with Crippen LogP contribution in [0.15, 0.2) is 0 Å². The Kier molecular flexibility index (Phi) is 2.05. The quantitative estimate of drug-likeness (QED) is 0.530. The van der Waals surface area contributed by atoms with E-state index < -0.39 is 30.0 Å². The molecule has 1 saturated carbocycles. The topological polar surface area (TPSA) is 52.5 Å². The molecule has 76 valence electrons. The first-order valence-electron chi connectivity index (χ1n) is 4.47. The number of alkyl halides is 2. The smallest absolute Gasteiger partial charge is 0.252 e. The molecule has 1 aliphatic carbocycles. The van der Waals surface area contributed by atoms with Crippen LogP contribution in [0.4, 0.5) is 8.78 Å². The van der Waals surface area contributed by atoms with Crippen molar-refractivity contribution in [3.63, 3.8) is 0 Å². The molecule has 2 fully saturated rings. The molecule has 2 rings (SSSR count). The zero-order chi connectivity index (χ0) is 9.64. The highest BCUT2D eigenvalue weighted by Crippen LogP contribution is 2.54. The van der Waals surface area contributed by atoms with E-state index in [9.17, 15) is 19.0 Å². The lowest BCUT2D eigenvalue weighted by atomic mass is 9.89. The standard InChI is InChI=1S/C8H13F2NO2/c9-8(10)1-5(8)4-2-11-3-6(12)7(4)13/h4-7,11-13H,1-3H2/t4-,5?,6-,7-/m1/s1. The third-order valence-electron chi connectivity index (χ3n) is 2.96. The predicted molar refractivity (Wildman–Crippen MR) is 41.4 cm³/mol. The number of halogens is 2. The van der Waals surface area contributed by atoms with Crippen molar-refractivity contribution in [3.8, 4) is 0 Å². The Hall–Kier alpha value is -0.260.